The average Bonchev–Trinajstić information content (AvgIpc) is 2.65. The second-order valence-electron chi connectivity index (χ2n) is 5.46. The number of amidine groups is 1. The van der Waals surface area contributed by atoms with Crippen LogP contribution >= 0.6 is 0 Å². The average molecular weight is 378 g/mol. The van der Waals surface area contributed by atoms with E-state index in [1.54, 1.807) is 24.3 Å². The number of carbonyl (C=O) groups excluding carboxylic acids is 4. The summed E-state index contributed by atoms with van der Waals surface area (Å²) in [5.41, 5.74) is 6.36. The molecule has 0 bridgehead atoms. The third-order valence-electron chi connectivity index (χ3n) is 3.48. The van der Waals surface area contributed by atoms with Crippen molar-refractivity contribution in [2.75, 3.05) is 19.5 Å². The van der Waals surface area contributed by atoms with Crippen LogP contribution in [0.25, 0.3) is 0 Å². The number of methoxy groups -OCH3 is 2. The number of carbonyl (C=O) groups is 4. The number of hydrogen-bond donors (Lipinski definition) is 4. The van der Waals surface area contributed by atoms with Gasteiger partial charge in [-0.25, -0.2) is 4.79 Å². The molecular weight excluding hydrogens is 356 g/mol. The summed E-state index contributed by atoms with van der Waals surface area (Å²) in [5, 5.41) is 12.2. The Kier molecular flexibility index (Phi) is 8.43. The summed E-state index contributed by atoms with van der Waals surface area (Å²) in [6.45, 7) is 0. The molecule has 5 N–H and O–H groups in total. The standard InChI is InChI=1S/C17H22N4O6/c1-26-15(24)9-12(17(25)27-2)21-14(23)8-7-13(22)20-11-5-3-10(4-6-11)16(18)19/h3-6,12H,7-9H2,1-2H3,(H3,18,19)(H,20,22)(H,21,23). The van der Waals surface area contributed by atoms with Crippen LogP contribution in [0.5, 0.6) is 0 Å². The molecule has 146 valence electrons. The van der Waals surface area contributed by atoms with Crippen molar-refractivity contribution in [3.8, 4) is 0 Å². The lowest BCUT2D eigenvalue weighted by Gasteiger charge is -2.15. The lowest BCUT2D eigenvalue weighted by molar-refractivity contribution is -0.150. The van der Waals surface area contributed by atoms with E-state index in [0.29, 0.717) is 11.3 Å². The van der Waals surface area contributed by atoms with E-state index < -0.39 is 29.8 Å². The van der Waals surface area contributed by atoms with E-state index in [9.17, 15) is 19.2 Å². The van der Waals surface area contributed by atoms with Gasteiger partial charge in [0.15, 0.2) is 0 Å². The van der Waals surface area contributed by atoms with E-state index in [1.165, 1.54) is 0 Å². The molecule has 1 aromatic rings. The summed E-state index contributed by atoms with van der Waals surface area (Å²) in [7, 11) is 2.29. The van der Waals surface area contributed by atoms with Gasteiger partial charge in [-0.05, 0) is 24.3 Å². The molecule has 0 saturated heterocycles. The Balaban J connectivity index is 2.51. The first-order chi connectivity index (χ1) is 12.8. The number of hydrogen-bond acceptors (Lipinski definition) is 7. The normalized spacial score (nSPS) is 11.0. The molecule has 0 fully saturated rings. The molecule has 1 aromatic carbocycles. The first-order valence-electron chi connectivity index (χ1n) is 7.95. The number of nitrogens with two attached hydrogens (primary N) is 1. The van der Waals surface area contributed by atoms with Gasteiger partial charge in [-0.3, -0.25) is 19.8 Å². The van der Waals surface area contributed by atoms with Gasteiger partial charge in [0, 0.05) is 24.1 Å². The molecular formula is C17H22N4O6. The van der Waals surface area contributed by atoms with Crippen molar-refractivity contribution >= 4 is 35.3 Å². The third-order valence-corrected chi connectivity index (χ3v) is 3.48. The SMILES string of the molecule is COC(=O)CC(NC(=O)CCC(=O)Nc1ccc(C(=N)N)cc1)C(=O)OC. The highest BCUT2D eigenvalue weighted by molar-refractivity contribution is 5.97. The van der Waals surface area contributed by atoms with Gasteiger partial charge in [-0.1, -0.05) is 0 Å². The van der Waals surface area contributed by atoms with E-state index >= 15 is 0 Å². The van der Waals surface area contributed by atoms with Gasteiger partial charge in [0.1, 0.15) is 11.9 Å². The summed E-state index contributed by atoms with van der Waals surface area (Å²) in [4.78, 5) is 46.7. The molecule has 1 unspecified atom stereocenters. The minimum Gasteiger partial charge on any atom is -0.469 e. The predicted octanol–water partition coefficient (Wildman–Crippen LogP) is -0.0897. The second kappa shape index (κ2) is 10.5. The molecule has 0 spiro atoms. The van der Waals surface area contributed by atoms with Crippen LogP contribution in [0.2, 0.25) is 0 Å². The Bertz CT molecular complexity index is 717. The van der Waals surface area contributed by atoms with Crippen LogP contribution in [-0.4, -0.2) is 49.9 Å². The van der Waals surface area contributed by atoms with Gasteiger partial charge in [0.25, 0.3) is 0 Å². The topological polar surface area (TPSA) is 161 Å². The zero-order chi connectivity index (χ0) is 20.4. The monoisotopic (exact) mass is 378 g/mol. The van der Waals surface area contributed by atoms with Crippen molar-refractivity contribution in [2.24, 2.45) is 5.73 Å². The van der Waals surface area contributed by atoms with Gasteiger partial charge in [-0.2, -0.15) is 0 Å². The highest BCUT2D eigenvalue weighted by Crippen LogP contribution is 2.10. The Morgan fingerprint density at radius 2 is 1.63 bits per heavy atom. The number of ether oxygens (including phenoxy) is 2. The summed E-state index contributed by atoms with van der Waals surface area (Å²) in [5.74, 6) is -2.56. The molecule has 0 saturated carbocycles. The third kappa shape index (κ3) is 7.55. The van der Waals surface area contributed by atoms with E-state index in [1.807, 2.05) is 0 Å². The summed E-state index contributed by atoms with van der Waals surface area (Å²) < 4.78 is 8.99. The first kappa shape index (κ1) is 21.6. The number of benzene rings is 1. The van der Waals surface area contributed by atoms with E-state index in [4.69, 9.17) is 11.1 Å². The smallest absolute Gasteiger partial charge is 0.328 e. The lowest BCUT2D eigenvalue weighted by Crippen LogP contribution is -2.43. The number of amides is 2. The maximum Gasteiger partial charge on any atom is 0.328 e. The Labute approximate surface area is 155 Å². The van der Waals surface area contributed by atoms with E-state index in [-0.39, 0.29) is 25.1 Å². The van der Waals surface area contributed by atoms with Crippen LogP contribution in [0.4, 0.5) is 5.69 Å². The number of rotatable bonds is 9. The molecule has 10 nitrogen and oxygen atoms in total. The van der Waals surface area contributed by atoms with Crippen molar-refractivity contribution in [3.63, 3.8) is 0 Å². The molecule has 27 heavy (non-hydrogen) atoms. The Hall–Kier alpha value is -3.43. The summed E-state index contributed by atoms with van der Waals surface area (Å²) in [6.07, 6.45) is -0.692. The number of nitrogens with one attached hydrogen (secondary N) is 3. The summed E-state index contributed by atoms with van der Waals surface area (Å²) in [6, 6.07) is 5.14. The van der Waals surface area contributed by atoms with Gasteiger partial charge in [0.05, 0.1) is 20.6 Å². The van der Waals surface area contributed by atoms with Crippen LogP contribution < -0.4 is 16.4 Å². The zero-order valence-electron chi connectivity index (χ0n) is 15.0. The second-order valence-corrected chi connectivity index (χ2v) is 5.46. The molecule has 2 amide bonds. The largest absolute Gasteiger partial charge is 0.469 e. The highest BCUT2D eigenvalue weighted by Gasteiger charge is 2.25. The molecule has 1 rings (SSSR count). The van der Waals surface area contributed by atoms with Crippen LogP contribution in [0.3, 0.4) is 0 Å². The lowest BCUT2D eigenvalue weighted by atomic mass is 10.1. The molecule has 0 aromatic heterocycles. The Morgan fingerprint density at radius 1 is 1.04 bits per heavy atom. The van der Waals surface area contributed by atoms with Crippen molar-refractivity contribution < 1.29 is 28.7 Å². The molecule has 0 aliphatic heterocycles. The van der Waals surface area contributed by atoms with Crippen molar-refractivity contribution in [2.45, 2.75) is 25.3 Å². The van der Waals surface area contributed by atoms with Crippen molar-refractivity contribution in [3.05, 3.63) is 29.8 Å². The molecule has 0 heterocycles. The maximum atomic E-state index is 11.9. The van der Waals surface area contributed by atoms with Gasteiger partial charge in [-0.15, -0.1) is 0 Å². The Morgan fingerprint density at radius 3 is 2.15 bits per heavy atom. The molecule has 10 heteroatoms. The fourth-order valence-electron chi connectivity index (χ4n) is 2.04. The minimum atomic E-state index is -1.18. The number of esters is 2. The van der Waals surface area contributed by atoms with Gasteiger partial charge < -0.3 is 25.8 Å². The van der Waals surface area contributed by atoms with Crippen molar-refractivity contribution in [1.82, 2.24) is 5.32 Å². The van der Waals surface area contributed by atoms with Crippen LogP contribution in [-0.2, 0) is 28.7 Å². The zero-order valence-corrected chi connectivity index (χ0v) is 15.0. The van der Waals surface area contributed by atoms with Crippen molar-refractivity contribution in [1.29, 1.82) is 5.41 Å². The molecule has 1 atom stereocenters. The quantitative estimate of drug-likeness (QED) is 0.265. The highest BCUT2D eigenvalue weighted by atomic mass is 16.5. The first-order valence-corrected chi connectivity index (χ1v) is 7.95. The van der Waals surface area contributed by atoms with Crippen LogP contribution in [0, 0.1) is 5.41 Å². The fourth-order valence-corrected chi connectivity index (χ4v) is 2.04. The fraction of sp³-hybridized carbons (Fsp3) is 0.353. The molecule has 0 radical (unpaired) electrons. The molecule has 0 aliphatic carbocycles. The van der Waals surface area contributed by atoms with Gasteiger partial charge in [0.2, 0.25) is 11.8 Å². The van der Waals surface area contributed by atoms with Gasteiger partial charge >= 0.3 is 11.9 Å². The van der Waals surface area contributed by atoms with Crippen LogP contribution in [0.15, 0.2) is 24.3 Å². The predicted molar refractivity (Wildman–Crippen MR) is 95.9 cm³/mol. The molecule has 0 aliphatic rings. The maximum absolute atomic E-state index is 11.9. The minimum absolute atomic E-state index is 0.0864. The number of anilines is 1. The number of nitrogen functional groups attached to an aromatic ring is 1. The van der Waals surface area contributed by atoms with E-state index in [0.717, 1.165) is 14.2 Å². The van der Waals surface area contributed by atoms with E-state index in [2.05, 4.69) is 20.1 Å². The summed E-state index contributed by atoms with van der Waals surface area (Å²) >= 11 is 0. The van der Waals surface area contributed by atoms with Crippen LogP contribution in [0.1, 0.15) is 24.8 Å².